The van der Waals surface area contributed by atoms with Gasteiger partial charge < -0.3 is 9.72 Å². The zero-order valence-corrected chi connectivity index (χ0v) is 13.7. The molecule has 0 atom stereocenters. The van der Waals surface area contributed by atoms with E-state index < -0.39 is 0 Å². The number of benzene rings is 2. The predicted octanol–water partition coefficient (Wildman–Crippen LogP) is 4.89. The zero-order valence-electron chi connectivity index (χ0n) is 13.7. The Morgan fingerprint density at radius 1 is 0.960 bits per heavy atom. The molecule has 0 aliphatic rings. The lowest BCUT2D eigenvalue weighted by Gasteiger charge is -2.11. The Bertz CT molecular complexity index is 1050. The number of para-hydroxylation sites is 1. The summed E-state index contributed by atoms with van der Waals surface area (Å²) in [5.41, 5.74) is 2.76. The van der Waals surface area contributed by atoms with Crippen molar-refractivity contribution in [3.8, 4) is 11.5 Å². The van der Waals surface area contributed by atoms with Crippen molar-refractivity contribution >= 4 is 16.8 Å². The van der Waals surface area contributed by atoms with E-state index >= 15 is 0 Å². The molecule has 0 unspecified atom stereocenters. The third-order valence-corrected chi connectivity index (χ3v) is 4.20. The van der Waals surface area contributed by atoms with Gasteiger partial charge in [-0.3, -0.25) is 4.79 Å². The maximum Gasteiger partial charge on any atom is 0.195 e. The summed E-state index contributed by atoms with van der Waals surface area (Å²) in [6, 6.07) is 18.8. The largest absolute Gasteiger partial charge is 0.457 e. The minimum Gasteiger partial charge on any atom is -0.457 e. The average Bonchev–Trinajstić information content (AvgIpc) is 3.08. The van der Waals surface area contributed by atoms with Crippen LogP contribution in [0.15, 0.2) is 73.1 Å². The third-order valence-electron chi connectivity index (χ3n) is 4.20. The van der Waals surface area contributed by atoms with E-state index in [4.69, 9.17) is 4.74 Å². The SMILES string of the molecule is Cc1c(Oc2ccccc2)cccc1C(=O)c1c[nH]c2ncccc12. The molecule has 25 heavy (non-hydrogen) atoms. The van der Waals surface area contributed by atoms with Crippen molar-refractivity contribution < 1.29 is 9.53 Å². The van der Waals surface area contributed by atoms with Crippen molar-refractivity contribution in [1.82, 2.24) is 9.97 Å². The number of nitrogens with one attached hydrogen (secondary N) is 1. The highest BCUT2D eigenvalue weighted by Crippen LogP contribution is 2.29. The van der Waals surface area contributed by atoms with Crippen LogP contribution in [-0.2, 0) is 0 Å². The molecular weight excluding hydrogens is 312 g/mol. The molecule has 0 radical (unpaired) electrons. The number of hydrogen-bond acceptors (Lipinski definition) is 3. The second-order valence-corrected chi connectivity index (χ2v) is 5.77. The molecule has 1 N–H and O–H groups in total. The van der Waals surface area contributed by atoms with E-state index in [0.717, 1.165) is 16.7 Å². The molecule has 4 aromatic rings. The molecule has 0 fully saturated rings. The second-order valence-electron chi connectivity index (χ2n) is 5.77. The van der Waals surface area contributed by atoms with E-state index in [9.17, 15) is 4.79 Å². The van der Waals surface area contributed by atoms with Crippen LogP contribution in [0.4, 0.5) is 0 Å². The molecule has 2 heterocycles. The van der Waals surface area contributed by atoms with Gasteiger partial charge in [0.1, 0.15) is 17.1 Å². The highest BCUT2D eigenvalue weighted by atomic mass is 16.5. The Morgan fingerprint density at radius 2 is 1.80 bits per heavy atom. The number of ether oxygens (including phenoxy) is 1. The Labute approximate surface area is 145 Å². The molecule has 4 rings (SSSR count). The Balaban J connectivity index is 1.73. The molecule has 0 aliphatic heterocycles. The topological polar surface area (TPSA) is 55.0 Å². The van der Waals surface area contributed by atoms with Crippen LogP contribution in [0.25, 0.3) is 11.0 Å². The lowest BCUT2D eigenvalue weighted by Crippen LogP contribution is -2.04. The molecule has 122 valence electrons. The molecule has 0 bridgehead atoms. The predicted molar refractivity (Wildman–Crippen MR) is 97.2 cm³/mol. The second kappa shape index (κ2) is 6.24. The summed E-state index contributed by atoms with van der Waals surface area (Å²) in [6.07, 6.45) is 3.41. The molecule has 2 aromatic heterocycles. The van der Waals surface area contributed by atoms with Gasteiger partial charge in [-0.2, -0.15) is 0 Å². The third kappa shape index (κ3) is 2.78. The van der Waals surface area contributed by atoms with Crippen LogP contribution in [-0.4, -0.2) is 15.8 Å². The van der Waals surface area contributed by atoms with Crippen molar-refractivity contribution in [2.75, 3.05) is 0 Å². The van der Waals surface area contributed by atoms with Gasteiger partial charge in [0.05, 0.1) is 0 Å². The van der Waals surface area contributed by atoms with E-state index in [1.807, 2.05) is 67.6 Å². The molecular formula is C21H16N2O2. The number of aromatic amines is 1. The van der Waals surface area contributed by atoms with Gasteiger partial charge in [-0.05, 0) is 37.3 Å². The first-order valence-electron chi connectivity index (χ1n) is 8.03. The minimum absolute atomic E-state index is 0.0461. The van der Waals surface area contributed by atoms with Gasteiger partial charge in [-0.15, -0.1) is 0 Å². The van der Waals surface area contributed by atoms with E-state index in [2.05, 4.69) is 9.97 Å². The number of nitrogens with zero attached hydrogens (tertiary/aromatic N) is 1. The Hall–Kier alpha value is -3.40. The van der Waals surface area contributed by atoms with Gasteiger partial charge in [-0.25, -0.2) is 4.98 Å². The van der Waals surface area contributed by atoms with E-state index in [1.54, 1.807) is 12.4 Å². The summed E-state index contributed by atoms with van der Waals surface area (Å²) in [7, 11) is 0. The highest BCUT2D eigenvalue weighted by Gasteiger charge is 2.18. The number of carbonyl (C=O) groups is 1. The van der Waals surface area contributed by atoms with Crippen LogP contribution in [0, 0.1) is 6.92 Å². The van der Waals surface area contributed by atoms with Gasteiger partial charge in [-0.1, -0.05) is 30.3 Å². The van der Waals surface area contributed by atoms with Gasteiger partial charge in [0, 0.05) is 34.5 Å². The van der Waals surface area contributed by atoms with Crippen molar-refractivity contribution in [3.63, 3.8) is 0 Å². The molecule has 2 aromatic carbocycles. The number of carbonyl (C=O) groups excluding carboxylic acids is 1. The molecule has 4 heteroatoms. The maximum absolute atomic E-state index is 13.0. The molecule has 0 amide bonds. The Kier molecular flexibility index (Phi) is 3.78. The summed E-state index contributed by atoms with van der Waals surface area (Å²) >= 11 is 0. The first kappa shape index (κ1) is 15.1. The van der Waals surface area contributed by atoms with E-state index in [0.29, 0.717) is 22.5 Å². The summed E-state index contributed by atoms with van der Waals surface area (Å²) in [5, 5.41) is 0.821. The fraction of sp³-hybridized carbons (Fsp3) is 0.0476. The van der Waals surface area contributed by atoms with Crippen molar-refractivity contribution in [1.29, 1.82) is 0 Å². The van der Waals surface area contributed by atoms with Crippen LogP contribution in [0.3, 0.4) is 0 Å². The number of pyridine rings is 1. The van der Waals surface area contributed by atoms with Gasteiger partial charge in [0.2, 0.25) is 0 Å². The van der Waals surface area contributed by atoms with Gasteiger partial charge in [0.15, 0.2) is 5.78 Å². The summed E-state index contributed by atoms with van der Waals surface area (Å²) in [5.74, 6) is 1.37. The number of aromatic nitrogens is 2. The highest BCUT2D eigenvalue weighted by molar-refractivity contribution is 6.16. The van der Waals surface area contributed by atoms with E-state index in [-0.39, 0.29) is 5.78 Å². The number of ketones is 1. The maximum atomic E-state index is 13.0. The van der Waals surface area contributed by atoms with Crippen molar-refractivity contribution in [3.05, 3.63) is 89.7 Å². The number of H-pyrrole nitrogens is 1. The number of fused-ring (bicyclic) bond motifs is 1. The number of hydrogen-bond donors (Lipinski definition) is 1. The minimum atomic E-state index is -0.0461. The molecule has 0 saturated carbocycles. The normalized spacial score (nSPS) is 10.8. The number of rotatable bonds is 4. The quantitative estimate of drug-likeness (QED) is 0.542. The monoisotopic (exact) mass is 328 g/mol. The standard InChI is InChI=1S/C21H16N2O2/c1-14-16(9-5-11-19(14)25-15-7-3-2-4-8-15)20(24)18-13-23-21-17(18)10-6-12-22-21/h2-13H,1H3,(H,22,23). The summed E-state index contributed by atoms with van der Waals surface area (Å²) < 4.78 is 5.93. The fourth-order valence-corrected chi connectivity index (χ4v) is 2.88. The van der Waals surface area contributed by atoms with Crippen LogP contribution in [0.2, 0.25) is 0 Å². The first-order chi connectivity index (χ1) is 12.2. The molecule has 0 saturated heterocycles. The fourth-order valence-electron chi connectivity index (χ4n) is 2.88. The lowest BCUT2D eigenvalue weighted by atomic mass is 9.98. The van der Waals surface area contributed by atoms with Crippen LogP contribution in [0.1, 0.15) is 21.5 Å². The van der Waals surface area contributed by atoms with Gasteiger partial charge >= 0.3 is 0 Å². The van der Waals surface area contributed by atoms with Crippen LogP contribution < -0.4 is 4.74 Å². The van der Waals surface area contributed by atoms with Crippen molar-refractivity contribution in [2.45, 2.75) is 6.92 Å². The smallest absolute Gasteiger partial charge is 0.195 e. The first-order valence-corrected chi connectivity index (χ1v) is 8.03. The molecule has 0 aliphatic carbocycles. The van der Waals surface area contributed by atoms with E-state index in [1.165, 1.54) is 0 Å². The molecule has 0 spiro atoms. The Morgan fingerprint density at radius 3 is 2.64 bits per heavy atom. The average molecular weight is 328 g/mol. The lowest BCUT2D eigenvalue weighted by molar-refractivity contribution is 0.103. The van der Waals surface area contributed by atoms with Crippen molar-refractivity contribution in [2.24, 2.45) is 0 Å². The van der Waals surface area contributed by atoms with Crippen LogP contribution in [0.5, 0.6) is 11.5 Å². The van der Waals surface area contributed by atoms with Gasteiger partial charge in [0.25, 0.3) is 0 Å². The molecule has 4 nitrogen and oxygen atoms in total. The summed E-state index contributed by atoms with van der Waals surface area (Å²) in [6.45, 7) is 1.90. The van der Waals surface area contributed by atoms with Crippen LogP contribution >= 0.6 is 0 Å². The zero-order chi connectivity index (χ0) is 17.2. The summed E-state index contributed by atoms with van der Waals surface area (Å²) in [4.78, 5) is 20.3.